The Morgan fingerprint density at radius 1 is 1.33 bits per heavy atom. The van der Waals surface area contributed by atoms with Crippen molar-refractivity contribution < 1.29 is 24.6 Å². The Morgan fingerprint density at radius 2 is 2.10 bits per heavy atom. The normalized spacial score (nSPS) is 15.8. The second kappa shape index (κ2) is 8.95. The molecule has 2 aromatic rings. The van der Waals surface area contributed by atoms with Gasteiger partial charge in [0.25, 0.3) is 11.5 Å². The van der Waals surface area contributed by atoms with E-state index >= 15 is 0 Å². The van der Waals surface area contributed by atoms with E-state index < -0.39 is 23.9 Å². The Bertz CT molecular complexity index is 1030. The Morgan fingerprint density at radius 3 is 2.80 bits per heavy atom. The van der Waals surface area contributed by atoms with Crippen LogP contribution in [0.25, 0.3) is 0 Å². The lowest BCUT2D eigenvalue weighted by Crippen LogP contribution is -2.40. The van der Waals surface area contributed by atoms with Gasteiger partial charge in [0.05, 0.1) is 10.4 Å². The summed E-state index contributed by atoms with van der Waals surface area (Å²) in [6, 6.07) is 2.11. The Kier molecular flexibility index (Phi) is 6.35. The molecular formula is C18H21N5O6S. The third-order valence-corrected chi connectivity index (χ3v) is 5.92. The number of fused-ring (bicyclic) bond motifs is 1. The number of nitrogens with two attached hydrogens (primary N) is 1. The standard InChI is InChI=1S/C18H21N5O6S/c19-18-22-14-13(16(27)23-18)8(7-20-14)1-2-9-3-5-11(30-9)15(26)21-10(17(28)29)4-6-12(24)25/h3,5,8,10H,1-2,4,6-7H2,(H,21,26)(H,24,25)(H,28,29)(H4,19,20,22,23,27)/t8?,10-/m0/s1. The van der Waals surface area contributed by atoms with Gasteiger partial charge in [0.15, 0.2) is 0 Å². The number of anilines is 2. The fraction of sp³-hybridized carbons (Fsp3) is 0.389. The zero-order valence-electron chi connectivity index (χ0n) is 15.8. The summed E-state index contributed by atoms with van der Waals surface area (Å²) in [7, 11) is 0. The lowest BCUT2D eigenvalue weighted by atomic mass is 9.98. The molecular weight excluding hydrogens is 414 g/mol. The molecule has 2 aromatic heterocycles. The van der Waals surface area contributed by atoms with Gasteiger partial charge in [0.2, 0.25) is 5.95 Å². The van der Waals surface area contributed by atoms with Crippen molar-refractivity contribution in [3.63, 3.8) is 0 Å². The number of thiophene rings is 1. The number of carbonyl (C=O) groups is 3. The van der Waals surface area contributed by atoms with Gasteiger partial charge in [-0.2, -0.15) is 4.98 Å². The molecule has 0 saturated heterocycles. The highest BCUT2D eigenvalue weighted by atomic mass is 32.1. The summed E-state index contributed by atoms with van der Waals surface area (Å²) >= 11 is 1.23. The number of carboxylic acids is 2. The van der Waals surface area contributed by atoms with Crippen LogP contribution in [0, 0.1) is 0 Å². The number of aryl methyl sites for hydroxylation is 1. The van der Waals surface area contributed by atoms with Gasteiger partial charge in [-0.3, -0.25) is 19.4 Å². The van der Waals surface area contributed by atoms with E-state index in [0.717, 1.165) is 4.88 Å². The molecule has 160 valence electrons. The van der Waals surface area contributed by atoms with Crippen molar-refractivity contribution in [2.45, 2.75) is 37.6 Å². The number of rotatable bonds is 9. The minimum atomic E-state index is -1.28. The number of nitrogen functional groups attached to an aromatic ring is 1. The maximum Gasteiger partial charge on any atom is 0.326 e. The number of nitrogens with zero attached hydrogens (tertiary/aromatic N) is 1. The fourth-order valence-corrected chi connectivity index (χ4v) is 4.21. The number of H-pyrrole nitrogens is 1. The second-order valence-electron chi connectivity index (χ2n) is 6.89. The van der Waals surface area contributed by atoms with Crippen LogP contribution in [0.4, 0.5) is 11.8 Å². The van der Waals surface area contributed by atoms with E-state index in [9.17, 15) is 19.2 Å². The third-order valence-electron chi connectivity index (χ3n) is 4.77. The quantitative estimate of drug-likeness (QED) is 0.328. The lowest BCUT2D eigenvalue weighted by molar-refractivity contribution is -0.140. The molecule has 0 bridgehead atoms. The summed E-state index contributed by atoms with van der Waals surface area (Å²) in [6.07, 6.45) is 0.723. The molecule has 30 heavy (non-hydrogen) atoms. The van der Waals surface area contributed by atoms with Crippen LogP contribution in [-0.2, 0) is 16.0 Å². The molecule has 11 nitrogen and oxygen atoms in total. The number of carbonyl (C=O) groups excluding carboxylic acids is 1. The minimum Gasteiger partial charge on any atom is -0.481 e. The molecule has 0 fully saturated rings. The molecule has 3 heterocycles. The van der Waals surface area contributed by atoms with Gasteiger partial charge in [-0.15, -0.1) is 11.3 Å². The van der Waals surface area contributed by atoms with Crippen molar-refractivity contribution in [3.05, 3.63) is 37.8 Å². The largest absolute Gasteiger partial charge is 0.481 e. The first kappa shape index (κ1) is 21.3. The zero-order valence-corrected chi connectivity index (χ0v) is 16.6. The summed E-state index contributed by atoms with van der Waals surface area (Å²) in [5.41, 5.74) is 5.86. The van der Waals surface area contributed by atoms with Gasteiger partial charge in [-0.25, -0.2) is 4.79 Å². The van der Waals surface area contributed by atoms with Crippen molar-refractivity contribution in [2.75, 3.05) is 17.6 Å². The molecule has 12 heteroatoms. The molecule has 0 saturated carbocycles. The minimum absolute atomic E-state index is 0.0383. The summed E-state index contributed by atoms with van der Waals surface area (Å²) in [4.78, 5) is 54.2. The van der Waals surface area contributed by atoms with Crippen LogP contribution in [0.1, 0.15) is 45.3 Å². The smallest absolute Gasteiger partial charge is 0.326 e. The van der Waals surface area contributed by atoms with Gasteiger partial charge in [0.1, 0.15) is 11.9 Å². The van der Waals surface area contributed by atoms with Crippen LogP contribution < -0.4 is 21.9 Å². The number of aliphatic carboxylic acids is 2. The summed E-state index contributed by atoms with van der Waals surface area (Å²) < 4.78 is 0. The van der Waals surface area contributed by atoms with E-state index in [0.29, 0.717) is 35.6 Å². The second-order valence-corrected chi connectivity index (χ2v) is 8.06. The van der Waals surface area contributed by atoms with Gasteiger partial charge >= 0.3 is 11.9 Å². The molecule has 7 N–H and O–H groups in total. The molecule has 0 spiro atoms. The monoisotopic (exact) mass is 435 g/mol. The molecule has 0 radical (unpaired) electrons. The molecule has 3 rings (SSSR count). The number of carboxylic acid groups (broad SMARTS) is 2. The fourth-order valence-electron chi connectivity index (χ4n) is 3.29. The number of aromatic nitrogens is 2. The third kappa shape index (κ3) is 4.95. The van der Waals surface area contributed by atoms with E-state index in [1.54, 1.807) is 12.1 Å². The summed E-state index contributed by atoms with van der Waals surface area (Å²) in [5, 5.41) is 23.3. The first-order valence-electron chi connectivity index (χ1n) is 9.22. The highest BCUT2D eigenvalue weighted by Crippen LogP contribution is 2.31. The first-order chi connectivity index (χ1) is 14.2. The number of hydrogen-bond acceptors (Lipinski definition) is 8. The van der Waals surface area contributed by atoms with Crippen LogP contribution in [-0.4, -0.2) is 50.6 Å². The van der Waals surface area contributed by atoms with Crippen LogP contribution in [0.2, 0.25) is 0 Å². The van der Waals surface area contributed by atoms with Crippen LogP contribution >= 0.6 is 11.3 Å². The van der Waals surface area contributed by atoms with Crippen LogP contribution in [0.3, 0.4) is 0 Å². The average Bonchev–Trinajstić information content (AvgIpc) is 3.29. The molecule has 0 aliphatic carbocycles. The van der Waals surface area contributed by atoms with Gasteiger partial charge in [-0.1, -0.05) is 0 Å². The molecule has 1 aliphatic heterocycles. The van der Waals surface area contributed by atoms with Crippen LogP contribution in [0.15, 0.2) is 16.9 Å². The van der Waals surface area contributed by atoms with E-state index in [4.69, 9.17) is 15.9 Å². The number of nitrogens with one attached hydrogen (secondary N) is 3. The molecule has 1 aliphatic rings. The van der Waals surface area contributed by atoms with E-state index in [1.807, 2.05) is 0 Å². The van der Waals surface area contributed by atoms with Gasteiger partial charge < -0.3 is 26.6 Å². The lowest BCUT2D eigenvalue weighted by Gasteiger charge is -2.12. The maximum atomic E-state index is 12.3. The van der Waals surface area contributed by atoms with Crippen molar-refractivity contribution >= 4 is 40.9 Å². The predicted molar refractivity (Wildman–Crippen MR) is 109 cm³/mol. The van der Waals surface area contributed by atoms with E-state index in [2.05, 4.69) is 20.6 Å². The number of amides is 1. The molecule has 1 unspecified atom stereocenters. The van der Waals surface area contributed by atoms with Crippen molar-refractivity contribution in [2.24, 2.45) is 0 Å². The van der Waals surface area contributed by atoms with Crippen molar-refractivity contribution in [3.8, 4) is 0 Å². The molecule has 1 amide bonds. The zero-order chi connectivity index (χ0) is 21.8. The van der Waals surface area contributed by atoms with E-state index in [-0.39, 0.29) is 30.3 Å². The first-order valence-corrected chi connectivity index (χ1v) is 10.0. The van der Waals surface area contributed by atoms with Gasteiger partial charge in [-0.05, 0) is 31.4 Å². The highest BCUT2D eigenvalue weighted by Gasteiger charge is 2.27. The average molecular weight is 435 g/mol. The summed E-state index contributed by atoms with van der Waals surface area (Å²) in [5.74, 6) is -2.46. The van der Waals surface area contributed by atoms with E-state index in [1.165, 1.54) is 11.3 Å². The Labute approximate surface area is 174 Å². The SMILES string of the molecule is Nc1nc2c(c(=O)[nH]1)C(CCc1ccc(C(=O)N[C@@H](CCC(=O)O)C(=O)O)s1)CN2. The summed E-state index contributed by atoms with van der Waals surface area (Å²) in [6.45, 7) is 0.567. The molecule has 2 atom stereocenters. The Hall–Kier alpha value is -3.41. The topological polar surface area (TPSA) is 187 Å². The number of aromatic amines is 1. The highest BCUT2D eigenvalue weighted by molar-refractivity contribution is 7.14. The molecule has 0 aromatic carbocycles. The van der Waals surface area contributed by atoms with Gasteiger partial charge in [0, 0.05) is 23.8 Å². The van der Waals surface area contributed by atoms with Crippen molar-refractivity contribution in [1.82, 2.24) is 15.3 Å². The predicted octanol–water partition coefficient (Wildman–Crippen LogP) is 0.603. The maximum absolute atomic E-state index is 12.3. The van der Waals surface area contributed by atoms with Crippen LogP contribution in [0.5, 0.6) is 0 Å². The van der Waals surface area contributed by atoms with Crippen molar-refractivity contribution in [1.29, 1.82) is 0 Å². The number of hydrogen-bond donors (Lipinski definition) is 6. The Balaban J connectivity index is 1.59.